The van der Waals surface area contributed by atoms with E-state index in [9.17, 15) is 9.90 Å². The van der Waals surface area contributed by atoms with Crippen molar-refractivity contribution < 1.29 is 9.90 Å². The minimum absolute atomic E-state index is 0.497. The quantitative estimate of drug-likeness (QED) is 0.903. The molecule has 0 radical (unpaired) electrons. The van der Waals surface area contributed by atoms with Gasteiger partial charge in [0.1, 0.15) is 0 Å². The fourth-order valence-electron chi connectivity index (χ4n) is 3.57. The Bertz CT molecular complexity index is 499. The van der Waals surface area contributed by atoms with Crippen molar-refractivity contribution in [1.29, 1.82) is 0 Å². The Morgan fingerprint density at radius 1 is 1.47 bits per heavy atom. The molecule has 19 heavy (non-hydrogen) atoms. The van der Waals surface area contributed by atoms with E-state index in [0.717, 1.165) is 38.9 Å². The lowest BCUT2D eigenvalue weighted by atomic mass is 9.77. The van der Waals surface area contributed by atoms with Gasteiger partial charge < -0.3 is 10.0 Å². The summed E-state index contributed by atoms with van der Waals surface area (Å²) in [5.74, 6) is -0.0100. The monoisotopic (exact) mass is 259 g/mol. The van der Waals surface area contributed by atoms with Gasteiger partial charge in [-0.15, -0.1) is 0 Å². The van der Waals surface area contributed by atoms with E-state index in [1.54, 1.807) is 0 Å². The van der Waals surface area contributed by atoms with Crippen molar-refractivity contribution in [1.82, 2.24) is 4.90 Å². The van der Waals surface area contributed by atoms with Crippen molar-refractivity contribution in [3.63, 3.8) is 0 Å². The summed E-state index contributed by atoms with van der Waals surface area (Å²) in [4.78, 5) is 13.8. The number of fused-ring (bicyclic) bond motifs is 1. The number of carboxylic acids is 1. The summed E-state index contributed by atoms with van der Waals surface area (Å²) >= 11 is 0. The number of benzene rings is 1. The van der Waals surface area contributed by atoms with Crippen LogP contribution in [0.1, 0.15) is 36.8 Å². The van der Waals surface area contributed by atoms with Crippen LogP contribution in [0.5, 0.6) is 0 Å². The van der Waals surface area contributed by atoms with Crippen molar-refractivity contribution in [3.05, 3.63) is 35.4 Å². The highest BCUT2D eigenvalue weighted by molar-refractivity contribution is 5.75. The third-order valence-corrected chi connectivity index (χ3v) is 5.00. The highest BCUT2D eigenvalue weighted by Gasteiger charge is 2.44. The largest absolute Gasteiger partial charge is 0.481 e. The molecule has 2 atom stereocenters. The number of carboxylic acid groups (broad SMARTS) is 1. The Morgan fingerprint density at radius 2 is 2.26 bits per heavy atom. The normalized spacial score (nSPS) is 29.8. The summed E-state index contributed by atoms with van der Waals surface area (Å²) in [6.07, 6.45) is 2.69. The maximum absolute atomic E-state index is 11.4. The summed E-state index contributed by atoms with van der Waals surface area (Å²) in [6.45, 7) is 4.67. The molecule has 1 aromatic rings. The number of hydrogen-bond donors (Lipinski definition) is 1. The van der Waals surface area contributed by atoms with Crippen LogP contribution in [-0.2, 0) is 11.2 Å². The Hall–Kier alpha value is -1.35. The number of hydrogen-bond acceptors (Lipinski definition) is 2. The second-order valence-electron chi connectivity index (χ2n) is 6.02. The molecule has 1 aromatic carbocycles. The first-order valence-corrected chi connectivity index (χ1v) is 7.18. The molecular weight excluding hydrogens is 238 g/mol. The van der Waals surface area contributed by atoms with E-state index >= 15 is 0 Å². The van der Waals surface area contributed by atoms with Gasteiger partial charge in [0.15, 0.2) is 0 Å². The van der Waals surface area contributed by atoms with E-state index in [-0.39, 0.29) is 0 Å². The van der Waals surface area contributed by atoms with Gasteiger partial charge in [0.25, 0.3) is 0 Å². The Balaban J connectivity index is 1.64. The summed E-state index contributed by atoms with van der Waals surface area (Å²) in [7, 11) is 0. The predicted molar refractivity (Wildman–Crippen MR) is 74.3 cm³/mol. The molecule has 1 heterocycles. The van der Waals surface area contributed by atoms with Crippen LogP contribution in [0.3, 0.4) is 0 Å². The zero-order valence-corrected chi connectivity index (χ0v) is 11.4. The van der Waals surface area contributed by atoms with Crippen LogP contribution in [0.15, 0.2) is 24.3 Å². The standard InChI is InChI=1S/C16H21NO2/c1-2-16(15(18)19)7-8-17(11-16)10-13-9-12-5-3-4-6-14(12)13/h3-6,13H,2,7-11H2,1H3,(H,18,19). The molecule has 0 bridgehead atoms. The first kappa shape index (κ1) is 12.7. The highest BCUT2D eigenvalue weighted by atomic mass is 16.4. The summed E-state index contributed by atoms with van der Waals surface area (Å²) in [6, 6.07) is 8.60. The van der Waals surface area contributed by atoms with Gasteiger partial charge in [-0.25, -0.2) is 0 Å². The first-order chi connectivity index (χ1) is 9.14. The van der Waals surface area contributed by atoms with E-state index in [4.69, 9.17) is 0 Å². The van der Waals surface area contributed by atoms with Crippen LogP contribution < -0.4 is 0 Å². The zero-order chi connectivity index (χ0) is 13.5. The molecule has 2 aliphatic rings. The number of nitrogens with zero attached hydrogens (tertiary/aromatic N) is 1. The van der Waals surface area contributed by atoms with Crippen LogP contribution in [0.2, 0.25) is 0 Å². The van der Waals surface area contributed by atoms with Crippen molar-refractivity contribution in [2.75, 3.05) is 19.6 Å². The molecule has 1 N–H and O–H groups in total. The highest BCUT2D eigenvalue weighted by Crippen LogP contribution is 2.39. The molecule has 1 fully saturated rings. The maximum atomic E-state index is 11.4. The van der Waals surface area contributed by atoms with Crippen LogP contribution in [0, 0.1) is 5.41 Å². The van der Waals surface area contributed by atoms with E-state index in [0.29, 0.717) is 5.92 Å². The molecule has 0 spiro atoms. The molecule has 1 saturated heterocycles. The molecule has 3 heteroatoms. The van der Waals surface area contributed by atoms with Gasteiger partial charge in [-0.05, 0) is 36.9 Å². The van der Waals surface area contributed by atoms with Gasteiger partial charge >= 0.3 is 5.97 Å². The summed E-state index contributed by atoms with van der Waals surface area (Å²) < 4.78 is 0. The fraction of sp³-hybridized carbons (Fsp3) is 0.562. The third kappa shape index (κ3) is 2.06. The minimum atomic E-state index is -0.619. The van der Waals surface area contributed by atoms with Crippen molar-refractivity contribution >= 4 is 5.97 Å². The van der Waals surface area contributed by atoms with Crippen LogP contribution >= 0.6 is 0 Å². The average molecular weight is 259 g/mol. The van der Waals surface area contributed by atoms with Crippen LogP contribution in [-0.4, -0.2) is 35.6 Å². The van der Waals surface area contributed by atoms with Crippen LogP contribution in [0.25, 0.3) is 0 Å². The lowest BCUT2D eigenvalue weighted by Gasteiger charge is -2.34. The molecular formula is C16H21NO2. The number of aliphatic carboxylic acids is 1. The lowest BCUT2D eigenvalue weighted by molar-refractivity contribution is -0.148. The fourth-order valence-corrected chi connectivity index (χ4v) is 3.57. The molecule has 2 unspecified atom stereocenters. The van der Waals surface area contributed by atoms with Gasteiger partial charge in [0.2, 0.25) is 0 Å². The molecule has 0 aromatic heterocycles. The lowest BCUT2D eigenvalue weighted by Crippen LogP contribution is -2.37. The molecule has 1 aliphatic heterocycles. The van der Waals surface area contributed by atoms with Crippen LogP contribution in [0.4, 0.5) is 0 Å². The van der Waals surface area contributed by atoms with Gasteiger partial charge in [-0.2, -0.15) is 0 Å². The van der Waals surface area contributed by atoms with Gasteiger partial charge in [0.05, 0.1) is 5.41 Å². The van der Waals surface area contributed by atoms with E-state index in [1.165, 1.54) is 11.1 Å². The number of carbonyl (C=O) groups is 1. The molecule has 1 aliphatic carbocycles. The number of rotatable bonds is 4. The van der Waals surface area contributed by atoms with Crippen molar-refractivity contribution in [2.24, 2.45) is 5.41 Å². The van der Waals surface area contributed by atoms with Gasteiger partial charge in [-0.1, -0.05) is 31.2 Å². The molecule has 3 rings (SSSR count). The Labute approximate surface area is 114 Å². The number of likely N-dealkylation sites (tertiary alicyclic amines) is 1. The summed E-state index contributed by atoms with van der Waals surface area (Å²) in [5.41, 5.74) is 2.43. The summed E-state index contributed by atoms with van der Waals surface area (Å²) in [5, 5.41) is 9.42. The Kier molecular flexibility index (Phi) is 3.09. The smallest absolute Gasteiger partial charge is 0.310 e. The third-order valence-electron chi connectivity index (χ3n) is 5.00. The maximum Gasteiger partial charge on any atom is 0.310 e. The minimum Gasteiger partial charge on any atom is -0.481 e. The second-order valence-corrected chi connectivity index (χ2v) is 6.02. The van der Waals surface area contributed by atoms with Crippen molar-refractivity contribution in [2.45, 2.75) is 32.1 Å². The van der Waals surface area contributed by atoms with Gasteiger partial charge in [0, 0.05) is 19.0 Å². The molecule has 102 valence electrons. The first-order valence-electron chi connectivity index (χ1n) is 7.18. The van der Waals surface area contributed by atoms with E-state index in [2.05, 4.69) is 29.2 Å². The topological polar surface area (TPSA) is 40.5 Å². The zero-order valence-electron chi connectivity index (χ0n) is 11.4. The molecule has 0 amide bonds. The Morgan fingerprint density at radius 3 is 2.89 bits per heavy atom. The predicted octanol–water partition coefficient (Wildman–Crippen LogP) is 2.51. The second kappa shape index (κ2) is 4.64. The van der Waals surface area contributed by atoms with Gasteiger partial charge in [-0.3, -0.25) is 4.79 Å². The SMILES string of the molecule is CCC1(C(=O)O)CCN(CC2Cc3ccccc32)C1. The van der Waals surface area contributed by atoms with Crippen molar-refractivity contribution in [3.8, 4) is 0 Å². The molecule has 3 nitrogen and oxygen atoms in total. The van der Waals surface area contributed by atoms with E-state index in [1.807, 2.05) is 6.92 Å². The molecule has 0 saturated carbocycles. The van der Waals surface area contributed by atoms with E-state index < -0.39 is 11.4 Å². The average Bonchev–Trinajstić information content (AvgIpc) is 2.81.